The summed E-state index contributed by atoms with van der Waals surface area (Å²) in [4.78, 5) is 13.1. The van der Waals surface area contributed by atoms with Gasteiger partial charge in [-0.2, -0.15) is 0 Å². The number of benzene rings is 10. The summed E-state index contributed by atoms with van der Waals surface area (Å²) < 4.78 is 123. The molecule has 6 heteroatoms. The molecule has 3 radical (unpaired) electrons. The van der Waals surface area contributed by atoms with Crippen LogP contribution in [0.2, 0.25) is 0 Å². The summed E-state index contributed by atoms with van der Waals surface area (Å²) in [5, 5.41) is 0. The Morgan fingerprint density at radius 3 is 1.01 bits per heavy atom. The Labute approximate surface area is 648 Å². The van der Waals surface area contributed by atoms with Gasteiger partial charge in [-0.25, -0.2) is 0 Å². The van der Waals surface area contributed by atoms with Gasteiger partial charge in [-0.1, -0.05) is 287 Å². The normalized spacial score (nSPS) is 12.6. The third kappa shape index (κ3) is 20.8. The van der Waals surface area contributed by atoms with E-state index in [-0.39, 0.29) is 94.8 Å². The minimum atomic E-state index is -0.745. The Bertz CT molecular complexity index is 5370. The van der Waals surface area contributed by atoms with E-state index in [0.717, 1.165) is 22.5 Å². The summed E-state index contributed by atoms with van der Waals surface area (Å²) in [7, 11) is 1.25. The van der Waals surface area contributed by atoms with E-state index in [9.17, 15) is 0 Å². The molecule has 0 bridgehead atoms. The maximum Gasteiger partial charge on any atom is 0.0830 e. The quantitative estimate of drug-likeness (QED) is 0.102. The number of pyridine rings is 3. The van der Waals surface area contributed by atoms with E-state index in [1.165, 1.54) is 99.1 Å². The maximum atomic E-state index is 8.79. The molecule has 0 N–H and O–H groups in total. The van der Waals surface area contributed by atoms with Crippen molar-refractivity contribution in [1.82, 2.24) is 15.0 Å². The summed E-state index contributed by atoms with van der Waals surface area (Å²) >= 11 is 0. The smallest absolute Gasteiger partial charge is 0.0830 e. The summed E-state index contributed by atoms with van der Waals surface area (Å²) in [6.07, 6.45) is 3.29. The van der Waals surface area contributed by atoms with Crippen molar-refractivity contribution >= 4 is 0 Å². The van der Waals surface area contributed by atoms with Gasteiger partial charge in [-0.05, 0) is 148 Å². The van der Waals surface area contributed by atoms with Crippen molar-refractivity contribution in [3.8, 4) is 112 Å². The van der Waals surface area contributed by atoms with E-state index in [1.54, 1.807) is 0 Å². The van der Waals surface area contributed by atoms with Gasteiger partial charge in [0, 0.05) is 81.6 Å². The molecule has 0 fully saturated rings. The van der Waals surface area contributed by atoms with Crippen LogP contribution in [-0.4, -0.2) is 15.0 Å². The second-order valence-corrected chi connectivity index (χ2v) is 24.0. The van der Waals surface area contributed by atoms with Crippen LogP contribution in [0.25, 0.3) is 112 Å². The van der Waals surface area contributed by atoms with Gasteiger partial charge in [0.15, 0.2) is 0 Å². The van der Waals surface area contributed by atoms with E-state index in [1.807, 2.05) is 38.4 Å². The fraction of sp³-hybridized carbons (Fsp3) is 0.185. The standard InChI is InChI=1S/C35H32N.C29H28N.C25H20N.C2H6.CH4.3Ir/c1-24(2)26-8-10-27(11-9-26)28-12-14-29(15-13-28)30-16-18-31(19-17-30)33-6-5-7-34(22-33)35-23-32(25(3)4)20-21-36-35;1-20(2)22-8-10-23(11-9-22)24-12-14-25(15-13-24)27-6-5-7-28(18-27)29-19-26(21(3)4)16-17-30-29;1-18-6-8-20(9-7-18)21-10-12-22(13-11-21)23-4-3-5-24(17-23)25-16-19(2)14-15-26-25;1-2;;;;/h5-6,8-25H,1-4H3;5-6,8-21H,1-4H3;3-4,6-17H,1-2H3;1-2H3;1H4;;;/q3*-1;;;;;/i;;3D,4D,6D,7D,8D,9D,10D,11D,12D,13D,14D,15D,16D,17D;;1D;;;. The third-order valence-electron chi connectivity index (χ3n) is 16.0. The van der Waals surface area contributed by atoms with Gasteiger partial charge in [-0.15, -0.1) is 106 Å². The molecule has 0 aliphatic heterocycles. The van der Waals surface area contributed by atoms with Crippen molar-refractivity contribution in [3.05, 3.63) is 331 Å². The monoisotopic (exact) mass is 1830 g/mol. The molecule has 0 saturated carbocycles. The van der Waals surface area contributed by atoms with Crippen LogP contribution in [0.3, 0.4) is 0 Å². The minimum absolute atomic E-state index is 0. The zero-order valence-corrected chi connectivity index (χ0v) is 64.8. The van der Waals surface area contributed by atoms with Crippen molar-refractivity contribution < 1.29 is 80.9 Å². The van der Waals surface area contributed by atoms with Crippen LogP contribution >= 0.6 is 0 Å². The fourth-order valence-corrected chi connectivity index (χ4v) is 10.4. The molecule has 3 nitrogen and oxygen atoms in total. The van der Waals surface area contributed by atoms with Crippen LogP contribution in [0.15, 0.2) is 279 Å². The second kappa shape index (κ2) is 38.1. The first-order chi connectivity index (χ1) is 52.5. The molecule has 0 spiro atoms. The van der Waals surface area contributed by atoms with E-state index >= 15 is 0 Å². The average molecular weight is 1830 g/mol. The van der Waals surface area contributed by atoms with E-state index in [4.69, 9.17) is 20.6 Å². The first-order valence-electron chi connectivity index (χ1n) is 40.2. The predicted octanol–water partition coefficient (Wildman–Crippen LogP) is 26.1. The summed E-state index contributed by atoms with van der Waals surface area (Å²) in [6.45, 7) is 24.5. The number of nitrogens with zero attached hydrogens (tertiary/aromatic N) is 3. The first kappa shape index (κ1) is 58.6. The molecular formula is C92H90Ir3N3-3. The van der Waals surface area contributed by atoms with Crippen LogP contribution < -0.4 is 0 Å². The number of rotatable bonds is 14. The SMILES string of the molecule is CC.CC(C)c1ccc(-c2ccc(-c3cc[c-]c(-c4cc(C(C)C)ccn4)c3)cc2)cc1.CC(C)c1ccc(-c2ccc(-c3ccc(-c4cc[c-]c(-c5cc(C(C)C)ccn5)c4)cc3)cc2)cc1.[2H]C.[2H]c1[c-]c(-c2nc([2H])c([2H])c(C)c2[2H])c([2H])c(-c2c([2H])c([2H])c(-c3c([2H])c([2H])c(C)c([2H])c3[2H])c([2H])c2[2H])c1[2H].[Ir].[Ir].[Ir]. The minimum Gasteiger partial charge on any atom is -0.305 e. The van der Waals surface area contributed by atoms with Gasteiger partial charge in [0.05, 0.1) is 15.1 Å². The Balaban J connectivity index is 0.000000257. The zero-order valence-electron chi connectivity index (χ0n) is 72.6. The molecule has 0 amide bonds. The Morgan fingerprint density at radius 2 is 0.643 bits per heavy atom. The summed E-state index contributed by atoms with van der Waals surface area (Å²) in [5.41, 5.74) is 19.2. The molecule has 3 aromatic heterocycles. The van der Waals surface area contributed by atoms with Gasteiger partial charge in [0.2, 0.25) is 0 Å². The van der Waals surface area contributed by atoms with E-state index in [0.29, 0.717) is 23.7 Å². The van der Waals surface area contributed by atoms with Crippen molar-refractivity contribution in [2.45, 2.75) is 114 Å². The van der Waals surface area contributed by atoms with E-state index < -0.39 is 94.9 Å². The Hall–Kier alpha value is -8.40. The molecule has 3 heterocycles. The molecular weight excluding hydrogens is 1720 g/mol. The molecule has 503 valence electrons. The topological polar surface area (TPSA) is 38.7 Å². The predicted molar refractivity (Wildman–Crippen MR) is 407 cm³/mol. The molecule has 98 heavy (non-hydrogen) atoms. The summed E-state index contributed by atoms with van der Waals surface area (Å²) in [6, 6.07) is 67.2. The number of aromatic nitrogens is 3. The largest absolute Gasteiger partial charge is 0.305 e. The van der Waals surface area contributed by atoms with Crippen LogP contribution in [0.4, 0.5) is 0 Å². The van der Waals surface area contributed by atoms with Gasteiger partial charge in [-0.3, -0.25) is 0 Å². The second-order valence-electron chi connectivity index (χ2n) is 24.0. The van der Waals surface area contributed by atoms with Crippen molar-refractivity contribution in [1.29, 1.82) is 0 Å². The molecule has 10 aromatic carbocycles. The molecule has 0 saturated heterocycles. The third-order valence-corrected chi connectivity index (χ3v) is 16.0. The van der Waals surface area contributed by atoms with E-state index in [2.05, 4.69) is 258 Å². The molecule has 13 rings (SSSR count). The van der Waals surface area contributed by atoms with Crippen LogP contribution in [-0.2, 0) is 60.3 Å². The maximum absolute atomic E-state index is 8.79. The first-order valence-corrected chi connectivity index (χ1v) is 32.2. The molecule has 0 aliphatic rings. The van der Waals surface area contributed by atoms with Gasteiger partial charge in [0.25, 0.3) is 0 Å². The average Bonchev–Trinajstić information content (AvgIpc) is 0.718. The molecule has 13 aromatic rings. The van der Waals surface area contributed by atoms with Crippen LogP contribution in [0.5, 0.6) is 0 Å². The molecule has 0 atom stereocenters. The number of hydrogen-bond acceptors (Lipinski definition) is 3. The van der Waals surface area contributed by atoms with Gasteiger partial charge < -0.3 is 15.0 Å². The fourth-order valence-electron chi connectivity index (χ4n) is 10.4. The van der Waals surface area contributed by atoms with Crippen LogP contribution in [0.1, 0.15) is 154 Å². The molecule has 0 aliphatic carbocycles. The summed E-state index contributed by atoms with van der Waals surface area (Å²) in [5.74, 6) is 2.07. The number of hydrogen-bond donors (Lipinski definition) is 0. The van der Waals surface area contributed by atoms with Gasteiger partial charge >= 0.3 is 0 Å². The van der Waals surface area contributed by atoms with Crippen LogP contribution in [0, 0.1) is 32.0 Å². The van der Waals surface area contributed by atoms with Crippen molar-refractivity contribution in [3.63, 3.8) is 0 Å². The van der Waals surface area contributed by atoms with Gasteiger partial charge in [0.1, 0.15) is 0 Å². The van der Waals surface area contributed by atoms with Crippen molar-refractivity contribution in [2.24, 2.45) is 0 Å². The Kier molecular flexibility index (Phi) is 22.8. The zero-order chi connectivity index (χ0) is 80.3. The molecule has 0 unspecified atom stereocenters. The Morgan fingerprint density at radius 1 is 0.306 bits per heavy atom. The van der Waals surface area contributed by atoms with Crippen molar-refractivity contribution in [2.75, 3.05) is 0 Å².